The van der Waals surface area contributed by atoms with Crippen molar-refractivity contribution in [1.82, 2.24) is 0 Å². The molecule has 0 saturated carbocycles. The molecule has 0 saturated heterocycles. The second kappa shape index (κ2) is 5.16. The number of hydrogen-bond acceptors (Lipinski definition) is 5. The first-order valence-corrected chi connectivity index (χ1v) is 5.79. The van der Waals surface area contributed by atoms with Crippen molar-refractivity contribution in [2.45, 2.75) is 12.3 Å². The molecule has 1 aliphatic rings. The second-order valence-corrected chi connectivity index (χ2v) is 4.05. The fourth-order valence-electron chi connectivity index (χ4n) is 2.32. The Balaban J connectivity index is 2.56. The van der Waals surface area contributed by atoms with E-state index in [0.29, 0.717) is 24.5 Å². The topological polar surface area (TPSA) is 56.8 Å². The first kappa shape index (κ1) is 12.5. The molecule has 0 fully saturated rings. The molecular weight excluding hydrogens is 234 g/mol. The minimum Gasteiger partial charge on any atom is -0.496 e. The van der Waals surface area contributed by atoms with E-state index in [1.54, 1.807) is 20.3 Å². The standard InChI is InChI=1S/C13H17NO4/c1-16-9-4-5-10(17-2)12-11(9)8(6-7-14-12)13(15)18-3/h4-5,8,14H,6-7H2,1-3H3. The minimum absolute atomic E-state index is 0.246. The van der Waals surface area contributed by atoms with Gasteiger partial charge in [-0.1, -0.05) is 0 Å². The molecule has 1 aliphatic heterocycles. The van der Waals surface area contributed by atoms with Gasteiger partial charge in [0, 0.05) is 12.1 Å². The second-order valence-electron chi connectivity index (χ2n) is 4.05. The molecule has 1 aromatic carbocycles. The normalized spacial score (nSPS) is 17.4. The molecule has 0 spiro atoms. The van der Waals surface area contributed by atoms with Crippen molar-refractivity contribution in [2.75, 3.05) is 33.2 Å². The molecule has 0 amide bonds. The number of benzene rings is 1. The van der Waals surface area contributed by atoms with Crippen molar-refractivity contribution in [3.05, 3.63) is 17.7 Å². The molecule has 0 aromatic heterocycles. The highest BCUT2D eigenvalue weighted by Crippen LogP contribution is 2.44. The summed E-state index contributed by atoms with van der Waals surface area (Å²) in [5, 5.41) is 3.25. The Labute approximate surface area is 106 Å². The third-order valence-electron chi connectivity index (χ3n) is 3.18. The van der Waals surface area contributed by atoms with Crippen LogP contribution in [0.25, 0.3) is 0 Å². The lowest BCUT2D eigenvalue weighted by Crippen LogP contribution is -2.24. The molecule has 0 bridgehead atoms. The first-order chi connectivity index (χ1) is 8.72. The number of anilines is 1. The van der Waals surface area contributed by atoms with Crippen LogP contribution in [-0.2, 0) is 9.53 Å². The summed E-state index contributed by atoms with van der Waals surface area (Å²) in [6.07, 6.45) is 0.684. The molecule has 18 heavy (non-hydrogen) atoms. The van der Waals surface area contributed by atoms with E-state index in [0.717, 1.165) is 11.3 Å². The molecule has 1 aromatic rings. The molecule has 5 heteroatoms. The number of hydrogen-bond donors (Lipinski definition) is 1. The van der Waals surface area contributed by atoms with Crippen LogP contribution in [0.5, 0.6) is 11.5 Å². The van der Waals surface area contributed by atoms with Crippen molar-refractivity contribution in [2.24, 2.45) is 0 Å². The maximum Gasteiger partial charge on any atom is 0.313 e. The lowest BCUT2D eigenvalue weighted by atomic mass is 9.89. The lowest BCUT2D eigenvalue weighted by molar-refractivity contribution is -0.142. The van der Waals surface area contributed by atoms with Gasteiger partial charge in [0.05, 0.1) is 32.9 Å². The van der Waals surface area contributed by atoms with Gasteiger partial charge >= 0.3 is 5.97 Å². The number of ether oxygens (including phenoxy) is 3. The van der Waals surface area contributed by atoms with Gasteiger partial charge in [-0.15, -0.1) is 0 Å². The highest BCUT2D eigenvalue weighted by molar-refractivity contribution is 5.85. The lowest BCUT2D eigenvalue weighted by Gasteiger charge is -2.28. The SMILES string of the molecule is COC(=O)C1CCNc2c(OC)ccc(OC)c21. The Hall–Kier alpha value is -1.91. The molecule has 98 valence electrons. The summed E-state index contributed by atoms with van der Waals surface area (Å²) >= 11 is 0. The molecule has 5 nitrogen and oxygen atoms in total. The van der Waals surface area contributed by atoms with E-state index in [1.807, 2.05) is 6.07 Å². The maximum atomic E-state index is 11.9. The van der Waals surface area contributed by atoms with E-state index in [4.69, 9.17) is 14.2 Å². The molecule has 2 rings (SSSR count). The van der Waals surface area contributed by atoms with Crippen LogP contribution in [0.4, 0.5) is 5.69 Å². The van der Waals surface area contributed by atoms with E-state index >= 15 is 0 Å². The summed E-state index contributed by atoms with van der Waals surface area (Å²) < 4.78 is 15.5. The van der Waals surface area contributed by atoms with E-state index in [9.17, 15) is 4.79 Å². The Morgan fingerprint density at radius 2 is 1.89 bits per heavy atom. The number of nitrogens with one attached hydrogen (secondary N) is 1. The van der Waals surface area contributed by atoms with E-state index in [2.05, 4.69) is 5.32 Å². The number of carbonyl (C=O) groups excluding carboxylic acids is 1. The average Bonchev–Trinajstić information content (AvgIpc) is 2.44. The fraction of sp³-hybridized carbons (Fsp3) is 0.462. The van der Waals surface area contributed by atoms with Gasteiger partial charge in [-0.2, -0.15) is 0 Å². The molecule has 1 unspecified atom stereocenters. The maximum absolute atomic E-state index is 11.9. The smallest absolute Gasteiger partial charge is 0.313 e. The zero-order chi connectivity index (χ0) is 13.1. The monoisotopic (exact) mass is 251 g/mol. The number of fused-ring (bicyclic) bond motifs is 1. The quantitative estimate of drug-likeness (QED) is 0.830. The van der Waals surface area contributed by atoms with Gasteiger partial charge in [0.15, 0.2) is 0 Å². The van der Waals surface area contributed by atoms with Crippen LogP contribution in [0.3, 0.4) is 0 Å². The van der Waals surface area contributed by atoms with Crippen LogP contribution in [-0.4, -0.2) is 33.8 Å². The molecular formula is C13H17NO4. The summed E-state index contributed by atoms with van der Waals surface area (Å²) in [7, 11) is 4.59. The predicted molar refractivity (Wildman–Crippen MR) is 67.4 cm³/mol. The van der Waals surface area contributed by atoms with Gasteiger partial charge in [-0.25, -0.2) is 0 Å². The molecule has 1 atom stereocenters. The van der Waals surface area contributed by atoms with E-state index < -0.39 is 0 Å². The fourth-order valence-corrected chi connectivity index (χ4v) is 2.32. The Kier molecular flexibility index (Phi) is 3.60. The molecule has 0 radical (unpaired) electrons. The van der Waals surface area contributed by atoms with Gasteiger partial charge in [0.25, 0.3) is 0 Å². The zero-order valence-corrected chi connectivity index (χ0v) is 10.8. The zero-order valence-electron chi connectivity index (χ0n) is 10.8. The van der Waals surface area contributed by atoms with E-state index in [-0.39, 0.29) is 11.9 Å². The van der Waals surface area contributed by atoms with E-state index in [1.165, 1.54) is 7.11 Å². The molecule has 0 aliphatic carbocycles. The van der Waals surface area contributed by atoms with Crippen LogP contribution < -0.4 is 14.8 Å². The predicted octanol–water partition coefficient (Wildman–Crippen LogP) is 1.78. The van der Waals surface area contributed by atoms with Crippen LogP contribution in [0.1, 0.15) is 17.9 Å². The van der Waals surface area contributed by atoms with Crippen LogP contribution in [0.2, 0.25) is 0 Å². The summed E-state index contributed by atoms with van der Waals surface area (Å²) in [6, 6.07) is 3.63. The van der Waals surface area contributed by atoms with Crippen LogP contribution >= 0.6 is 0 Å². The van der Waals surface area contributed by atoms with Crippen molar-refractivity contribution >= 4 is 11.7 Å². The summed E-state index contributed by atoms with van der Waals surface area (Å²) in [5.74, 6) is 0.827. The number of carbonyl (C=O) groups is 1. The largest absolute Gasteiger partial charge is 0.496 e. The van der Waals surface area contributed by atoms with Crippen LogP contribution in [0.15, 0.2) is 12.1 Å². The number of rotatable bonds is 3. The van der Waals surface area contributed by atoms with Crippen molar-refractivity contribution in [1.29, 1.82) is 0 Å². The van der Waals surface area contributed by atoms with Gasteiger partial charge in [0.2, 0.25) is 0 Å². The molecule has 1 heterocycles. The van der Waals surface area contributed by atoms with Gasteiger partial charge in [0.1, 0.15) is 11.5 Å². The number of esters is 1. The molecule has 1 N–H and O–H groups in total. The summed E-state index contributed by atoms with van der Waals surface area (Å²) in [6.45, 7) is 0.705. The first-order valence-electron chi connectivity index (χ1n) is 5.79. The van der Waals surface area contributed by atoms with Crippen LogP contribution in [0, 0.1) is 0 Å². The Morgan fingerprint density at radius 1 is 1.22 bits per heavy atom. The Morgan fingerprint density at radius 3 is 2.50 bits per heavy atom. The number of methoxy groups -OCH3 is 3. The third-order valence-corrected chi connectivity index (χ3v) is 3.18. The minimum atomic E-state index is -0.309. The van der Waals surface area contributed by atoms with Gasteiger partial charge in [-0.3, -0.25) is 4.79 Å². The van der Waals surface area contributed by atoms with Gasteiger partial charge in [-0.05, 0) is 18.6 Å². The summed E-state index contributed by atoms with van der Waals surface area (Å²) in [5.41, 5.74) is 1.63. The summed E-state index contributed by atoms with van der Waals surface area (Å²) in [4.78, 5) is 11.9. The van der Waals surface area contributed by atoms with Crippen molar-refractivity contribution in [3.63, 3.8) is 0 Å². The highest BCUT2D eigenvalue weighted by Gasteiger charge is 2.32. The highest BCUT2D eigenvalue weighted by atomic mass is 16.5. The van der Waals surface area contributed by atoms with Crippen molar-refractivity contribution in [3.8, 4) is 11.5 Å². The Bertz CT molecular complexity index is 459. The third kappa shape index (κ3) is 1.96. The van der Waals surface area contributed by atoms with Crippen molar-refractivity contribution < 1.29 is 19.0 Å². The average molecular weight is 251 g/mol. The van der Waals surface area contributed by atoms with Gasteiger partial charge < -0.3 is 19.5 Å².